The van der Waals surface area contributed by atoms with Crippen molar-refractivity contribution < 1.29 is 19.4 Å². The fourth-order valence-electron chi connectivity index (χ4n) is 1.95. The minimum atomic E-state index is -0.419. The Labute approximate surface area is 189 Å². The van der Waals surface area contributed by atoms with Crippen LogP contribution in [0.1, 0.15) is 25.0 Å². The number of hydrogen-bond donors (Lipinski definition) is 1. The molecule has 31 heavy (non-hydrogen) atoms. The first-order chi connectivity index (χ1) is 15.0. The Kier molecular flexibility index (Phi) is 18.0. The number of esters is 1. The first-order valence-electron chi connectivity index (χ1n) is 9.69. The van der Waals surface area contributed by atoms with Crippen molar-refractivity contribution in [2.24, 2.45) is 0 Å². The second-order valence-corrected chi connectivity index (χ2v) is 6.12. The zero-order valence-corrected chi connectivity index (χ0v) is 18.6. The van der Waals surface area contributed by atoms with Crippen LogP contribution in [-0.2, 0) is 14.3 Å². The molecule has 0 fully saturated rings. The third-order valence-electron chi connectivity index (χ3n) is 3.25. The van der Waals surface area contributed by atoms with Gasteiger partial charge < -0.3 is 9.84 Å². The quantitative estimate of drug-likeness (QED) is 0.333. The Morgan fingerprint density at radius 2 is 1.32 bits per heavy atom. The number of carbonyl (C=O) groups is 2. The van der Waals surface area contributed by atoms with Gasteiger partial charge in [0.25, 0.3) is 0 Å². The van der Waals surface area contributed by atoms with Gasteiger partial charge in [0.1, 0.15) is 6.61 Å². The lowest BCUT2D eigenvalue weighted by atomic mass is 10.2. The predicted molar refractivity (Wildman–Crippen MR) is 129 cm³/mol. The zero-order chi connectivity index (χ0) is 23.2. The fraction of sp³-hybridized carbons (Fsp3) is 0.154. The van der Waals surface area contributed by atoms with Gasteiger partial charge in [-0.05, 0) is 48.7 Å². The Morgan fingerprint density at radius 1 is 0.839 bits per heavy atom. The van der Waals surface area contributed by atoms with Gasteiger partial charge in [-0.2, -0.15) is 0 Å². The van der Waals surface area contributed by atoms with Crippen molar-refractivity contribution in [1.29, 1.82) is 0 Å². The molecule has 0 heterocycles. The number of ether oxygens (including phenoxy) is 1. The molecule has 4 nitrogen and oxygen atoms in total. The van der Waals surface area contributed by atoms with Gasteiger partial charge in [-0.1, -0.05) is 91.0 Å². The van der Waals surface area contributed by atoms with Crippen LogP contribution in [0.4, 0.5) is 0 Å². The van der Waals surface area contributed by atoms with Crippen LogP contribution in [0.5, 0.6) is 0 Å². The molecule has 0 aliphatic rings. The summed E-state index contributed by atoms with van der Waals surface area (Å²) in [4.78, 5) is 20.6. The van der Waals surface area contributed by atoms with Gasteiger partial charge in [-0.3, -0.25) is 4.79 Å². The lowest BCUT2D eigenvalue weighted by Gasteiger charge is -1.95. The number of halogens is 1. The molecule has 0 aromatic heterocycles. The molecule has 0 aliphatic carbocycles. The van der Waals surface area contributed by atoms with Crippen LogP contribution in [-0.4, -0.2) is 29.5 Å². The molecule has 0 amide bonds. The van der Waals surface area contributed by atoms with Crippen LogP contribution in [0.15, 0.2) is 97.1 Å². The SMILES string of the molecule is C/C=C/C(=O)Cl.C/C=C/C(=O)OC/C=C/c1ccccc1.OC/C=C/c1ccccc1. The number of carbonyl (C=O) groups excluding carboxylic acids is 2. The zero-order valence-electron chi connectivity index (χ0n) is 17.9. The largest absolute Gasteiger partial charge is 0.458 e. The van der Waals surface area contributed by atoms with E-state index >= 15 is 0 Å². The third kappa shape index (κ3) is 18.6. The van der Waals surface area contributed by atoms with Crippen molar-refractivity contribution in [2.75, 3.05) is 13.2 Å². The molecule has 0 aliphatic heterocycles. The van der Waals surface area contributed by atoms with Crippen molar-refractivity contribution >= 4 is 35.0 Å². The number of aliphatic hydroxyl groups is 1. The average molecular weight is 441 g/mol. The molecule has 164 valence electrons. The lowest BCUT2D eigenvalue weighted by Crippen LogP contribution is -1.99. The van der Waals surface area contributed by atoms with E-state index < -0.39 is 5.24 Å². The summed E-state index contributed by atoms with van der Waals surface area (Å²) >= 11 is 4.85. The summed E-state index contributed by atoms with van der Waals surface area (Å²) in [5.41, 5.74) is 2.22. The number of hydrogen-bond acceptors (Lipinski definition) is 4. The molecule has 0 bridgehead atoms. The van der Waals surface area contributed by atoms with Gasteiger partial charge in [-0.15, -0.1) is 0 Å². The van der Waals surface area contributed by atoms with E-state index in [1.807, 2.05) is 78.9 Å². The van der Waals surface area contributed by atoms with Gasteiger partial charge in [0.15, 0.2) is 0 Å². The molecule has 0 spiro atoms. The molecule has 0 radical (unpaired) electrons. The van der Waals surface area contributed by atoms with Gasteiger partial charge in [-0.25, -0.2) is 4.79 Å². The number of aliphatic hydroxyl groups excluding tert-OH is 1. The van der Waals surface area contributed by atoms with Crippen molar-refractivity contribution in [1.82, 2.24) is 0 Å². The highest BCUT2D eigenvalue weighted by atomic mass is 35.5. The molecule has 5 heteroatoms. The average Bonchev–Trinajstić information content (AvgIpc) is 2.78. The van der Waals surface area contributed by atoms with E-state index in [0.717, 1.165) is 11.1 Å². The molecule has 2 aromatic rings. The van der Waals surface area contributed by atoms with Crippen molar-refractivity contribution in [3.63, 3.8) is 0 Å². The molecular formula is C26H29ClO4. The van der Waals surface area contributed by atoms with E-state index in [1.54, 1.807) is 32.1 Å². The van der Waals surface area contributed by atoms with E-state index in [9.17, 15) is 9.59 Å². The second-order valence-electron chi connectivity index (χ2n) is 5.74. The number of benzene rings is 2. The molecule has 1 N–H and O–H groups in total. The monoisotopic (exact) mass is 440 g/mol. The van der Waals surface area contributed by atoms with Crippen LogP contribution in [0.25, 0.3) is 12.2 Å². The molecular weight excluding hydrogens is 412 g/mol. The Morgan fingerprint density at radius 3 is 1.71 bits per heavy atom. The Balaban J connectivity index is 0.000000484. The predicted octanol–water partition coefficient (Wildman–Crippen LogP) is 5.84. The highest BCUT2D eigenvalue weighted by Crippen LogP contribution is 2.01. The summed E-state index contributed by atoms with van der Waals surface area (Å²) in [5.74, 6) is -0.310. The highest BCUT2D eigenvalue weighted by Gasteiger charge is 1.91. The van der Waals surface area contributed by atoms with Crippen LogP contribution in [0.2, 0.25) is 0 Å². The summed E-state index contributed by atoms with van der Waals surface area (Å²) in [6.45, 7) is 3.92. The first-order valence-corrected chi connectivity index (χ1v) is 10.1. The Hall–Kier alpha value is -3.21. The van der Waals surface area contributed by atoms with Crippen LogP contribution < -0.4 is 0 Å². The molecule has 2 aromatic carbocycles. The highest BCUT2D eigenvalue weighted by molar-refractivity contribution is 6.66. The van der Waals surface area contributed by atoms with Crippen molar-refractivity contribution in [3.8, 4) is 0 Å². The molecule has 2 rings (SSSR count). The van der Waals surface area contributed by atoms with Crippen LogP contribution in [0, 0.1) is 0 Å². The van der Waals surface area contributed by atoms with Gasteiger partial charge in [0.05, 0.1) is 6.61 Å². The maximum atomic E-state index is 10.9. The number of rotatable bonds is 7. The van der Waals surface area contributed by atoms with Crippen molar-refractivity contribution in [2.45, 2.75) is 13.8 Å². The maximum Gasteiger partial charge on any atom is 0.330 e. The standard InChI is InChI=1S/C13H14O2.C9H10O.C4H5ClO/c1-2-7-13(14)15-11-6-10-12-8-4-3-5-9-12;10-8-4-7-9-5-2-1-3-6-9;1-2-3-4(5)6/h2-10H,11H2,1H3;1-7,10H,8H2;2-3H,1H3/b7-2+,10-6+;7-4+;3-2+. The van der Waals surface area contributed by atoms with Gasteiger partial charge >= 0.3 is 5.97 Å². The third-order valence-corrected chi connectivity index (χ3v) is 3.37. The Bertz CT molecular complexity index is 838. The minimum absolute atomic E-state index is 0.106. The van der Waals surface area contributed by atoms with E-state index in [2.05, 4.69) is 0 Å². The molecule has 0 unspecified atom stereocenters. The maximum absolute atomic E-state index is 10.9. The topological polar surface area (TPSA) is 63.6 Å². The molecule has 0 atom stereocenters. The van der Waals surface area contributed by atoms with E-state index in [4.69, 9.17) is 21.4 Å². The van der Waals surface area contributed by atoms with Crippen molar-refractivity contribution in [3.05, 3.63) is 108 Å². The lowest BCUT2D eigenvalue weighted by molar-refractivity contribution is -0.136. The first kappa shape index (κ1) is 27.8. The van der Waals surface area contributed by atoms with E-state index in [0.29, 0.717) is 6.61 Å². The van der Waals surface area contributed by atoms with E-state index in [1.165, 1.54) is 12.2 Å². The minimum Gasteiger partial charge on any atom is -0.458 e. The smallest absolute Gasteiger partial charge is 0.330 e. The van der Waals surface area contributed by atoms with Crippen LogP contribution >= 0.6 is 11.6 Å². The summed E-state index contributed by atoms with van der Waals surface area (Å²) in [7, 11) is 0. The van der Waals surface area contributed by atoms with Gasteiger partial charge in [0.2, 0.25) is 5.24 Å². The summed E-state index contributed by atoms with van der Waals surface area (Å²) in [6.07, 6.45) is 13.3. The molecule has 0 saturated carbocycles. The second kappa shape index (κ2) is 20.1. The summed E-state index contributed by atoms with van der Waals surface area (Å²) in [6, 6.07) is 19.8. The summed E-state index contributed by atoms with van der Waals surface area (Å²) in [5, 5.41) is 8.02. The normalized spacial score (nSPS) is 10.6. The van der Waals surface area contributed by atoms with Gasteiger partial charge in [0, 0.05) is 6.08 Å². The number of allylic oxidation sites excluding steroid dienone is 3. The van der Waals surface area contributed by atoms with Crippen LogP contribution in [0.3, 0.4) is 0 Å². The molecule has 0 saturated heterocycles. The van der Waals surface area contributed by atoms with E-state index in [-0.39, 0.29) is 12.6 Å². The fourth-order valence-corrected chi connectivity index (χ4v) is 2.07. The summed E-state index contributed by atoms with van der Waals surface area (Å²) < 4.78 is 4.89.